The van der Waals surface area contributed by atoms with Crippen LogP contribution in [-0.2, 0) is 14.3 Å². The summed E-state index contributed by atoms with van der Waals surface area (Å²) < 4.78 is 4.61. The molecule has 0 aliphatic rings. The SMILES string of the molecule is CC(=O)NCCC(Cl)OC(C)=O. The van der Waals surface area contributed by atoms with Gasteiger partial charge in [0, 0.05) is 26.8 Å². The third kappa shape index (κ3) is 7.34. The lowest BCUT2D eigenvalue weighted by atomic mass is 10.4. The van der Waals surface area contributed by atoms with E-state index < -0.39 is 11.5 Å². The highest BCUT2D eigenvalue weighted by molar-refractivity contribution is 6.20. The average Bonchev–Trinajstić information content (AvgIpc) is 1.84. The van der Waals surface area contributed by atoms with E-state index in [0.29, 0.717) is 13.0 Å². The van der Waals surface area contributed by atoms with Gasteiger partial charge in [0.15, 0.2) is 5.56 Å². The van der Waals surface area contributed by atoms with E-state index >= 15 is 0 Å². The number of nitrogens with one attached hydrogen (secondary N) is 1. The van der Waals surface area contributed by atoms with Crippen LogP contribution in [0.25, 0.3) is 0 Å². The van der Waals surface area contributed by atoms with Crippen molar-refractivity contribution in [1.82, 2.24) is 5.32 Å². The van der Waals surface area contributed by atoms with Gasteiger partial charge in [0.1, 0.15) is 0 Å². The molecule has 0 spiro atoms. The number of hydrogen-bond donors (Lipinski definition) is 1. The summed E-state index contributed by atoms with van der Waals surface area (Å²) in [6, 6.07) is 0. The quantitative estimate of drug-likeness (QED) is 0.527. The first-order chi connectivity index (χ1) is 5.52. The van der Waals surface area contributed by atoms with Gasteiger partial charge in [-0.2, -0.15) is 0 Å². The number of ether oxygens (including phenoxy) is 1. The van der Waals surface area contributed by atoms with Crippen LogP contribution in [0.1, 0.15) is 20.3 Å². The smallest absolute Gasteiger partial charge is 0.304 e. The number of rotatable bonds is 4. The monoisotopic (exact) mass is 193 g/mol. The van der Waals surface area contributed by atoms with Gasteiger partial charge in [0.05, 0.1) is 0 Å². The van der Waals surface area contributed by atoms with Crippen LogP contribution < -0.4 is 5.32 Å². The van der Waals surface area contributed by atoms with Crippen LogP contribution in [0.15, 0.2) is 0 Å². The summed E-state index contributed by atoms with van der Waals surface area (Å²) in [5.41, 5.74) is -0.658. The summed E-state index contributed by atoms with van der Waals surface area (Å²) >= 11 is 5.56. The Morgan fingerprint density at radius 1 is 1.50 bits per heavy atom. The highest BCUT2D eigenvalue weighted by Crippen LogP contribution is 2.02. The minimum absolute atomic E-state index is 0.123. The molecule has 0 fully saturated rings. The predicted octanol–water partition coefficient (Wildman–Crippen LogP) is 0.641. The fraction of sp³-hybridized carbons (Fsp3) is 0.714. The molecule has 1 unspecified atom stereocenters. The summed E-state index contributed by atoms with van der Waals surface area (Å²) in [6.07, 6.45) is 0.417. The second kappa shape index (κ2) is 5.83. The molecule has 4 nitrogen and oxygen atoms in total. The molecular weight excluding hydrogens is 182 g/mol. The first-order valence-electron chi connectivity index (χ1n) is 3.58. The molecule has 0 radical (unpaired) electrons. The second-order valence-corrected chi connectivity index (χ2v) is 2.78. The molecule has 1 N–H and O–H groups in total. The molecule has 0 aromatic carbocycles. The van der Waals surface area contributed by atoms with Gasteiger partial charge in [0.25, 0.3) is 0 Å². The minimum atomic E-state index is -0.658. The van der Waals surface area contributed by atoms with Crippen molar-refractivity contribution in [2.45, 2.75) is 25.8 Å². The van der Waals surface area contributed by atoms with Gasteiger partial charge in [0.2, 0.25) is 5.91 Å². The van der Waals surface area contributed by atoms with Gasteiger partial charge in [-0.25, -0.2) is 0 Å². The van der Waals surface area contributed by atoms with E-state index in [9.17, 15) is 9.59 Å². The van der Waals surface area contributed by atoms with E-state index in [0.717, 1.165) is 0 Å². The van der Waals surface area contributed by atoms with E-state index in [4.69, 9.17) is 11.6 Å². The molecule has 1 atom stereocenters. The summed E-state index contributed by atoms with van der Waals surface area (Å²) in [5, 5.41) is 2.53. The minimum Gasteiger partial charge on any atom is -0.446 e. The number of carbonyl (C=O) groups excluding carboxylic acids is 2. The Hall–Kier alpha value is -0.770. The Balaban J connectivity index is 3.37. The molecular formula is C7H12ClNO3. The molecule has 0 aliphatic carbocycles. The van der Waals surface area contributed by atoms with Gasteiger partial charge >= 0.3 is 5.97 Å². The lowest BCUT2D eigenvalue weighted by molar-refractivity contribution is -0.142. The summed E-state index contributed by atoms with van der Waals surface area (Å²) in [5.74, 6) is -0.542. The van der Waals surface area contributed by atoms with Gasteiger partial charge < -0.3 is 10.1 Å². The van der Waals surface area contributed by atoms with Crippen molar-refractivity contribution in [2.24, 2.45) is 0 Å². The van der Waals surface area contributed by atoms with E-state index in [1.165, 1.54) is 13.8 Å². The van der Waals surface area contributed by atoms with Crippen LogP contribution in [0.5, 0.6) is 0 Å². The first kappa shape index (κ1) is 11.2. The fourth-order valence-electron chi connectivity index (χ4n) is 0.601. The van der Waals surface area contributed by atoms with Crippen LogP contribution >= 0.6 is 11.6 Å². The van der Waals surface area contributed by atoms with Crippen LogP contribution in [0.2, 0.25) is 0 Å². The van der Waals surface area contributed by atoms with Crippen molar-refractivity contribution in [3.05, 3.63) is 0 Å². The Kier molecular flexibility index (Phi) is 5.45. The molecule has 0 aromatic rings. The highest BCUT2D eigenvalue weighted by Gasteiger charge is 2.06. The Morgan fingerprint density at radius 3 is 2.50 bits per heavy atom. The zero-order valence-electron chi connectivity index (χ0n) is 7.09. The Bertz CT molecular complexity index is 172. The largest absolute Gasteiger partial charge is 0.446 e. The molecule has 1 amide bonds. The standard InChI is InChI=1S/C7H12ClNO3/c1-5(10)9-4-3-7(8)12-6(2)11/h7H,3-4H2,1-2H3,(H,9,10). The predicted molar refractivity (Wildman–Crippen MR) is 44.7 cm³/mol. The molecule has 0 aromatic heterocycles. The topological polar surface area (TPSA) is 55.4 Å². The van der Waals surface area contributed by atoms with Crippen molar-refractivity contribution < 1.29 is 14.3 Å². The zero-order chi connectivity index (χ0) is 9.56. The molecule has 70 valence electrons. The number of hydrogen-bond acceptors (Lipinski definition) is 3. The van der Waals surface area contributed by atoms with Gasteiger partial charge in [-0.1, -0.05) is 11.6 Å². The maximum Gasteiger partial charge on any atom is 0.304 e. The molecule has 0 aliphatic heterocycles. The second-order valence-electron chi connectivity index (χ2n) is 2.29. The molecule has 0 rings (SSSR count). The Labute approximate surface area is 76.2 Å². The summed E-state index contributed by atoms with van der Waals surface area (Å²) in [4.78, 5) is 20.7. The van der Waals surface area contributed by atoms with Crippen LogP contribution in [0.4, 0.5) is 0 Å². The highest BCUT2D eigenvalue weighted by atomic mass is 35.5. The van der Waals surface area contributed by atoms with Crippen LogP contribution in [0.3, 0.4) is 0 Å². The van der Waals surface area contributed by atoms with Crippen molar-refractivity contribution in [2.75, 3.05) is 6.54 Å². The normalized spacial score (nSPS) is 11.9. The maximum atomic E-state index is 10.4. The Morgan fingerprint density at radius 2 is 2.08 bits per heavy atom. The van der Waals surface area contributed by atoms with Gasteiger partial charge in [-0.15, -0.1) is 0 Å². The molecule has 0 saturated heterocycles. The third-order valence-corrected chi connectivity index (χ3v) is 1.35. The number of carbonyl (C=O) groups is 2. The van der Waals surface area contributed by atoms with Gasteiger partial charge in [-0.3, -0.25) is 9.59 Å². The van der Waals surface area contributed by atoms with E-state index in [1.807, 2.05) is 0 Å². The van der Waals surface area contributed by atoms with Crippen molar-refractivity contribution in [1.29, 1.82) is 0 Å². The third-order valence-electron chi connectivity index (χ3n) is 1.04. The summed E-state index contributed by atoms with van der Waals surface area (Å²) in [6.45, 7) is 3.11. The first-order valence-corrected chi connectivity index (χ1v) is 4.01. The number of amides is 1. The number of halogens is 1. The molecule has 12 heavy (non-hydrogen) atoms. The molecule has 0 heterocycles. The van der Waals surface area contributed by atoms with Crippen LogP contribution in [0, 0.1) is 0 Å². The van der Waals surface area contributed by atoms with Crippen molar-refractivity contribution in [3.63, 3.8) is 0 Å². The van der Waals surface area contributed by atoms with E-state index in [2.05, 4.69) is 10.1 Å². The molecule has 0 saturated carbocycles. The zero-order valence-corrected chi connectivity index (χ0v) is 7.85. The fourth-order valence-corrected chi connectivity index (χ4v) is 0.835. The van der Waals surface area contributed by atoms with Crippen molar-refractivity contribution >= 4 is 23.5 Å². The molecule has 0 bridgehead atoms. The van der Waals surface area contributed by atoms with Crippen molar-refractivity contribution in [3.8, 4) is 0 Å². The van der Waals surface area contributed by atoms with E-state index in [1.54, 1.807) is 0 Å². The number of alkyl halides is 1. The molecule has 5 heteroatoms. The summed E-state index contributed by atoms with van der Waals surface area (Å²) in [7, 11) is 0. The lowest BCUT2D eigenvalue weighted by Gasteiger charge is -2.08. The average molecular weight is 194 g/mol. The van der Waals surface area contributed by atoms with Crippen LogP contribution in [-0.4, -0.2) is 24.0 Å². The lowest BCUT2D eigenvalue weighted by Crippen LogP contribution is -2.24. The maximum absolute atomic E-state index is 10.4. The van der Waals surface area contributed by atoms with Gasteiger partial charge in [-0.05, 0) is 0 Å². The number of esters is 1. The van der Waals surface area contributed by atoms with E-state index in [-0.39, 0.29) is 5.91 Å².